The van der Waals surface area contributed by atoms with Crippen molar-refractivity contribution in [3.8, 4) is 0 Å². The van der Waals surface area contributed by atoms with Gasteiger partial charge in [-0.1, -0.05) is 12.1 Å². The number of carbonyl (C=O) groups is 3. The number of esters is 1. The molecule has 0 saturated heterocycles. The molecule has 0 fully saturated rings. The third-order valence-corrected chi connectivity index (χ3v) is 3.29. The highest BCUT2D eigenvalue weighted by Crippen LogP contribution is 2.24. The topological polar surface area (TPSA) is 76.2 Å². The maximum absolute atomic E-state index is 11.7. The van der Waals surface area contributed by atoms with E-state index in [1.54, 1.807) is 31.2 Å². The number of aromatic nitrogens is 1. The average molecular weight is 287 g/mol. The zero-order valence-corrected chi connectivity index (χ0v) is 12.2. The number of nitrogens with one attached hydrogen (secondary N) is 1. The van der Waals surface area contributed by atoms with Crippen molar-refractivity contribution >= 4 is 28.4 Å². The van der Waals surface area contributed by atoms with Crippen LogP contribution in [0.4, 0.5) is 0 Å². The van der Waals surface area contributed by atoms with Crippen molar-refractivity contribution in [3.05, 3.63) is 35.5 Å². The van der Waals surface area contributed by atoms with Gasteiger partial charge in [0, 0.05) is 10.9 Å². The Kier molecular flexibility index (Phi) is 4.21. The summed E-state index contributed by atoms with van der Waals surface area (Å²) in [6.07, 6.45) is 0. The lowest BCUT2D eigenvalue weighted by Gasteiger charge is -2.10. The number of Topliss-reactive ketones (excluding diaryl/α,β-unsaturated/α-hetero) is 2. The molecule has 0 unspecified atom stereocenters. The summed E-state index contributed by atoms with van der Waals surface area (Å²) >= 11 is 0. The van der Waals surface area contributed by atoms with Crippen molar-refractivity contribution in [2.24, 2.45) is 0 Å². The zero-order valence-electron chi connectivity index (χ0n) is 12.2. The molecule has 5 heteroatoms. The lowest BCUT2D eigenvalue weighted by Crippen LogP contribution is -2.16. The second-order valence-electron chi connectivity index (χ2n) is 4.90. The molecule has 5 nitrogen and oxygen atoms in total. The van der Waals surface area contributed by atoms with Crippen molar-refractivity contribution in [1.82, 2.24) is 4.98 Å². The quantitative estimate of drug-likeness (QED) is 0.677. The molecule has 0 aliphatic heterocycles. The van der Waals surface area contributed by atoms with Gasteiger partial charge >= 0.3 is 5.97 Å². The Bertz CT molecular complexity index is 700. The van der Waals surface area contributed by atoms with Crippen LogP contribution in [0.25, 0.3) is 10.9 Å². The predicted octanol–water partition coefficient (Wildman–Crippen LogP) is 2.61. The van der Waals surface area contributed by atoms with E-state index in [9.17, 15) is 14.4 Å². The minimum Gasteiger partial charge on any atom is -0.461 e. The first-order chi connectivity index (χ1) is 9.93. The van der Waals surface area contributed by atoms with Gasteiger partial charge in [-0.15, -0.1) is 0 Å². The fourth-order valence-corrected chi connectivity index (χ4v) is 2.40. The Labute approximate surface area is 122 Å². The van der Waals surface area contributed by atoms with Gasteiger partial charge in [-0.05, 0) is 38.5 Å². The summed E-state index contributed by atoms with van der Waals surface area (Å²) in [5.41, 5.74) is 1.68. The van der Waals surface area contributed by atoms with Crippen molar-refractivity contribution in [3.63, 3.8) is 0 Å². The Balaban J connectivity index is 2.44. The number of aromatic amines is 1. The summed E-state index contributed by atoms with van der Waals surface area (Å²) in [6, 6.07) is 6.93. The highest BCUT2D eigenvalue weighted by Gasteiger charge is 2.22. The van der Waals surface area contributed by atoms with Gasteiger partial charge in [0.15, 0.2) is 0 Å². The first kappa shape index (κ1) is 15.0. The van der Waals surface area contributed by atoms with Gasteiger partial charge in [0.1, 0.15) is 23.2 Å². The Hall–Kier alpha value is -2.43. The van der Waals surface area contributed by atoms with Gasteiger partial charge in [0.2, 0.25) is 0 Å². The minimum absolute atomic E-state index is 0.195. The number of benzene rings is 1. The number of hydrogen-bond acceptors (Lipinski definition) is 4. The van der Waals surface area contributed by atoms with Crippen molar-refractivity contribution in [1.29, 1.82) is 0 Å². The van der Waals surface area contributed by atoms with Crippen LogP contribution in [0, 0.1) is 0 Å². The number of hydrogen-bond donors (Lipinski definition) is 1. The maximum Gasteiger partial charge on any atom is 0.354 e. The molecular formula is C16H17NO4. The van der Waals surface area contributed by atoms with Crippen LogP contribution in [0.3, 0.4) is 0 Å². The smallest absolute Gasteiger partial charge is 0.354 e. The third kappa shape index (κ3) is 3.02. The minimum atomic E-state index is -0.760. The number of ether oxygens (including phenoxy) is 1. The Morgan fingerprint density at radius 1 is 1.14 bits per heavy atom. The molecule has 0 atom stereocenters. The van der Waals surface area contributed by atoms with E-state index in [1.165, 1.54) is 13.8 Å². The second-order valence-corrected chi connectivity index (χ2v) is 4.90. The monoisotopic (exact) mass is 287 g/mol. The lowest BCUT2D eigenvalue weighted by molar-refractivity contribution is -0.126. The second kappa shape index (κ2) is 5.91. The molecule has 0 radical (unpaired) electrons. The largest absolute Gasteiger partial charge is 0.461 e. The molecule has 1 heterocycles. The molecule has 0 aliphatic rings. The highest BCUT2D eigenvalue weighted by atomic mass is 16.5. The fourth-order valence-electron chi connectivity index (χ4n) is 2.40. The molecule has 0 bridgehead atoms. The van der Waals surface area contributed by atoms with E-state index >= 15 is 0 Å². The van der Waals surface area contributed by atoms with Gasteiger partial charge < -0.3 is 9.72 Å². The van der Waals surface area contributed by atoms with E-state index in [1.807, 2.05) is 0 Å². The fraction of sp³-hybridized carbons (Fsp3) is 0.312. The lowest BCUT2D eigenvalue weighted by atomic mass is 9.91. The van der Waals surface area contributed by atoms with Gasteiger partial charge in [0.05, 0.1) is 6.61 Å². The summed E-state index contributed by atoms with van der Waals surface area (Å²) in [4.78, 5) is 37.9. The van der Waals surface area contributed by atoms with Crippen molar-refractivity contribution in [2.45, 2.75) is 26.7 Å². The third-order valence-electron chi connectivity index (χ3n) is 3.29. The summed E-state index contributed by atoms with van der Waals surface area (Å²) in [5, 5.41) is 0.827. The van der Waals surface area contributed by atoms with Crippen LogP contribution in [-0.2, 0) is 14.3 Å². The standard InChI is InChI=1S/C16H17NO4/c1-4-21-16(20)14-7-11-5-6-12(8-13(11)17-14)15(9(2)18)10(3)19/h5-8,15,17H,4H2,1-3H3. The highest BCUT2D eigenvalue weighted by molar-refractivity contribution is 6.06. The van der Waals surface area contributed by atoms with E-state index in [0.29, 0.717) is 23.4 Å². The number of ketones is 2. The summed E-state index contributed by atoms with van der Waals surface area (Å²) in [5.74, 6) is -1.58. The van der Waals surface area contributed by atoms with Gasteiger partial charge in [0.25, 0.3) is 0 Å². The SMILES string of the molecule is CCOC(=O)c1cc2ccc(C(C(C)=O)C(C)=O)cc2[nH]1. The van der Waals surface area contributed by atoms with E-state index in [-0.39, 0.29) is 11.6 Å². The van der Waals surface area contributed by atoms with Gasteiger partial charge in [-0.25, -0.2) is 4.79 Å². The van der Waals surface area contributed by atoms with Gasteiger partial charge in [-0.2, -0.15) is 0 Å². The van der Waals surface area contributed by atoms with Gasteiger partial charge in [-0.3, -0.25) is 9.59 Å². The zero-order chi connectivity index (χ0) is 15.6. The van der Waals surface area contributed by atoms with Crippen molar-refractivity contribution < 1.29 is 19.1 Å². The van der Waals surface area contributed by atoms with Crippen LogP contribution in [0.2, 0.25) is 0 Å². The van der Waals surface area contributed by atoms with E-state index in [4.69, 9.17) is 4.74 Å². The normalized spacial score (nSPS) is 10.9. The summed E-state index contributed by atoms with van der Waals surface area (Å²) < 4.78 is 4.93. The van der Waals surface area contributed by atoms with Crippen LogP contribution >= 0.6 is 0 Å². The first-order valence-electron chi connectivity index (χ1n) is 6.74. The molecule has 2 aromatic rings. The predicted molar refractivity (Wildman–Crippen MR) is 78.4 cm³/mol. The molecule has 0 amide bonds. The molecule has 1 aromatic carbocycles. The maximum atomic E-state index is 11.7. The van der Waals surface area contributed by atoms with Crippen molar-refractivity contribution in [2.75, 3.05) is 6.61 Å². The Morgan fingerprint density at radius 2 is 1.81 bits per heavy atom. The molecule has 0 spiro atoms. The molecule has 21 heavy (non-hydrogen) atoms. The number of H-pyrrole nitrogens is 1. The van der Waals surface area contributed by atoms with Crippen LogP contribution in [0.1, 0.15) is 42.7 Å². The molecule has 2 rings (SSSR count). The van der Waals surface area contributed by atoms with E-state index in [0.717, 1.165) is 5.39 Å². The number of rotatable bonds is 5. The number of fused-ring (bicyclic) bond motifs is 1. The molecule has 1 N–H and O–H groups in total. The molecule has 110 valence electrons. The molecule has 1 aromatic heterocycles. The van der Waals surface area contributed by atoms with Crippen LogP contribution in [-0.4, -0.2) is 29.1 Å². The molecular weight excluding hydrogens is 270 g/mol. The number of carbonyl (C=O) groups excluding carboxylic acids is 3. The summed E-state index contributed by atoms with van der Waals surface area (Å²) in [7, 11) is 0. The summed E-state index contributed by atoms with van der Waals surface area (Å²) in [6.45, 7) is 4.84. The van der Waals surface area contributed by atoms with E-state index in [2.05, 4.69) is 4.98 Å². The van der Waals surface area contributed by atoms with Crippen LogP contribution < -0.4 is 0 Å². The molecule has 0 saturated carbocycles. The van der Waals surface area contributed by atoms with E-state index < -0.39 is 11.9 Å². The van der Waals surface area contributed by atoms with Crippen LogP contribution in [0.15, 0.2) is 24.3 Å². The van der Waals surface area contributed by atoms with Crippen LogP contribution in [0.5, 0.6) is 0 Å². The molecule has 0 aliphatic carbocycles. The Morgan fingerprint density at radius 3 is 2.38 bits per heavy atom. The first-order valence-corrected chi connectivity index (χ1v) is 6.74. The average Bonchev–Trinajstić information content (AvgIpc) is 2.81.